The summed E-state index contributed by atoms with van der Waals surface area (Å²) < 4.78 is 16.4. The normalized spacial score (nSPS) is 14.7. The molecule has 0 unspecified atom stereocenters. The second-order valence-corrected chi connectivity index (χ2v) is 7.61. The lowest BCUT2D eigenvalue weighted by molar-refractivity contribution is 0.0984. The molecule has 6 nitrogen and oxygen atoms in total. The van der Waals surface area contributed by atoms with Gasteiger partial charge in [-0.05, 0) is 48.4 Å². The van der Waals surface area contributed by atoms with Crippen molar-refractivity contribution in [3.63, 3.8) is 0 Å². The van der Waals surface area contributed by atoms with Gasteiger partial charge >= 0.3 is 0 Å². The number of benzene rings is 3. The minimum absolute atomic E-state index is 0.0465. The SMILES string of the molecule is COc1ccccc1C(=O)N1CCCN(Cc2ccc3c(c2)OCO3)c2ccccc21. The van der Waals surface area contributed by atoms with Gasteiger partial charge in [0.05, 0.1) is 24.0 Å². The van der Waals surface area contributed by atoms with Gasteiger partial charge in [-0.25, -0.2) is 0 Å². The van der Waals surface area contributed by atoms with Crippen molar-refractivity contribution in [1.29, 1.82) is 0 Å². The molecule has 31 heavy (non-hydrogen) atoms. The maximum Gasteiger partial charge on any atom is 0.262 e. The van der Waals surface area contributed by atoms with Crippen LogP contribution >= 0.6 is 0 Å². The van der Waals surface area contributed by atoms with Crippen molar-refractivity contribution in [1.82, 2.24) is 0 Å². The van der Waals surface area contributed by atoms with Crippen LogP contribution < -0.4 is 24.0 Å². The third kappa shape index (κ3) is 3.65. The molecule has 2 aliphatic heterocycles. The first-order valence-corrected chi connectivity index (χ1v) is 10.4. The second kappa shape index (κ2) is 8.22. The van der Waals surface area contributed by atoms with Crippen LogP contribution in [-0.2, 0) is 6.54 Å². The summed E-state index contributed by atoms with van der Waals surface area (Å²) in [7, 11) is 1.59. The number of carbonyl (C=O) groups excluding carboxylic acids is 1. The van der Waals surface area contributed by atoms with Crippen LogP contribution in [0.15, 0.2) is 66.7 Å². The summed E-state index contributed by atoms with van der Waals surface area (Å²) >= 11 is 0. The largest absolute Gasteiger partial charge is 0.496 e. The molecule has 6 heteroatoms. The molecule has 0 spiro atoms. The van der Waals surface area contributed by atoms with E-state index in [4.69, 9.17) is 14.2 Å². The number of rotatable bonds is 4. The highest BCUT2D eigenvalue weighted by molar-refractivity contribution is 6.09. The van der Waals surface area contributed by atoms with Gasteiger partial charge in [-0.2, -0.15) is 0 Å². The van der Waals surface area contributed by atoms with E-state index in [2.05, 4.69) is 17.0 Å². The van der Waals surface area contributed by atoms with Gasteiger partial charge in [0.15, 0.2) is 11.5 Å². The van der Waals surface area contributed by atoms with E-state index in [0.717, 1.165) is 47.9 Å². The number of hydrogen-bond donors (Lipinski definition) is 0. The number of methoxy groups -OCH3 is 1. The van der Waals surface area contributed by atoms with Crippen LogP contribution in [0.3, 0.4) is 0 Å². The molecule has 0 atom stereocenters. The average molecular weight is 416 g/mol. The third-order valence-corrected chi connectivity index (χ3v) is 5.72. The zero-order valence-corrected chi connectivity index (χ0v) is 17.4. The molecular weight excluding hydrogens is 392 g/mol. The lowest BCUT2D eigenvalue weighted by atomic mass is 10.1. The van der Waals surface area contributed by atoms with Crippen LogP contribution in [0, 0.1) is 0 Å². The Morgan fingerprint density at radius 1 is 0.935 bits per heavy atom. The first-order valence-electron chi connectivity index (χ1n) is 10.4. The highest BCUT2D eigenvalue weighted by atomic mass is 16.7. The first-order chi connectivity index (χ1) is 15.2. The summed E-state index contributed by atoms with van der Waals surface area (Å²) in [5.74, 6) is 2.11. The van der Waals surface area contributed by atoms with Crippen molar-refractivity contribution >= 4 is 17.3 Å². The van der Waals surface area contributed by atoms with E-state index in [0.29, 0.717) is 17.9 Å². The van der Waals surface area contributed by atoms with Crippen LogP contribution in [0.5, 0.6) is 17.2 Å². The Balaban J connectivity index is 1.47. The number of para-hydroxylation sites is 3. The molecule has 5 rings (SSSR count). The minimum Gasteiger partial charge on any atom is -0.496 e. The molecule has 3 aromatic carbocycles. The topological polar surface area (TPSA) is 51.2 Å². The highest BCUT2D eigenvalue weighted by Gasteiger charge is 2.27. The van der Waals surface area contributed by atoms with Gasteiger partial charge in [-0.1, -0.05) is 30.3 Å². The fourth-order valence-electron chi connectivity index (χ4n) is 4.22. The first kappa shape index (κ1) is 19.3. The Morgan fingerprint density at radius 3 is 2.58 bits per heavy atom. The molecule has 0 N–H and O–H groups in total. The van der Waals surface area contributed by atoms with Gasteiger partial charge in [-0.15, -0.1) is 0 Å². The molecule has 158 valence electrons. The number of carbonyl (C=O) groups is 1. The van der Waals surface area contributed by atoms with Crippen LogP contribution in [0.2, 0.25) is 0 Å². The molecule has 1 amide bonds. The maximum absolute atomic E-state index is 13.5. The van der Waals surface area contributed by atoms with E-state index in [9.17, 15) is 4.79 Å². The van der Waals surface area contributed by atoms with Gasteiger partial charge in [0.25, 0.3) is 5.91 Å². The van der Waals surface area contributed by atoms with E-state index >= 15 is 0 Å². The molecule has 0 bridgehead atoms. The third-order valence-electron chi connectivity index (χ3n) is 5.72. The lowest BCUT2D eigenvalue weighted by Gasteiger charge is -2.27. The zero-order valence-electron chi connectivity index (χ0n) is 17.4. The summed E-state index contributed by atoms with van der Waals surface area (Å²) in [6.07, 6.45) is 0.861. The van der Waals surface area contributed by atoms with Gasteiger partial charge in [0.2, 0.25) is 6.79 Å². The van der Waals surface area contributed by atoms with E-state index in [1.54, 1.807) is 7.11 Å². The van der Waals surface area contributed by atoms with Crippen molar-refractivity contribution in [3.05, 3.63) is 77.9 Å². The van der Waals surface area contributed by atoms with E-state index < -0.39 is 0 Å². The Labute approximate surface area is 181 Å². The molecule has 2 heterocycles. The molecule has 2 aliphatic rings. The summed E-state index contributed by atoms with van der Waals surface area (Å²) in [4.78, 5) is 17.7. The summed E-state index contributed by atoms with van der Waals surface area (Å²) in [5.41, 5.74) is 3.67. The predicted octanol–water partition coefficient (Wildman–Crippen LogP) is 4.48. The number of amides is 1. The van der Waals surface area contributed by atoms with Crippen molar-refractivity contribution in [2.24, 2.45) is 0 Å². The molecule has 0 fully saturated rings. The predicted molar refractivity (Wildman–Crippen MR) is 119 cm³/mol. The van der Waals surface area contributed by atoms with Crippen LogP contribution in [0.4, 0.5) is 11.4 Å². The quantitative estimate of drug-likeness (QED) is 0.628. The summed E-state index contributed by atoms with van der Waals surface area (Å²) in [6, 6.07) is 21.5. The van der Waals surface area contributed by atoms with Crippen LogP contribution in [0.1, 0.15) is 22.3 Å². The molecule has 0 saturated carbocycles. The number of ether oxygens (including phenoxy) is 3. The van der Waals surface area contributed by atoms with Gasteiger partial charge < -0.3 is 24.0 Å². The number of fused-ring (bicyclic) bond motifs is 2. The lowest BCUT2D eigenvalue weighted by Crippen LogP contribution is -2.31. The summed E-state index contributed by atoms with van der Waals surface area (Å²) in [5, 5.41) is 0. The number of hydrogen-bond acceptors (Lipinski definition) is 5. The number of nitrogens with zero attached hydrogens (tertiary/aromatic N) is 2. The van der Waals surface area contributed by atoms with E-state index in [1.165, 1.54) is 0 Å². The van der Waals surface area contributed by atoms with Crippen LogP contribution in [0.25, 0.3) is 0 Å². The Bertz CT molecular complexity index is 1110. The van der Waals surface area contributed by atoms with Crippen molar-refractivity contribution in [3.8, 4) is 17.2 Å². The zero-order chi connectivity index (χ0) is 21.2. The summed E-state index contributed by atoms with van der Waals surface area (Å²) in [6.45, 7) is 2.49. The van der Waals surface area contributed by atoms with Gasteiger partial charge in [-0.3, -0.25) is 4.79 Å². The van der Waals surface area contributed by atoms with E-state index in [1.807, 2.05) is 59.5 Å². The Morgan fingerprint density at radius 2 is 1.71 bits per heavy atom. The fraction of sp³-hybridized carbons (Fsp3) is 0.240. The number of anilines is 2. The smallest absolute Gasteiger partial charge is 0.262 e. The Kier molecular flexibility index (Phi) is 5.12. The second-order valence-electron chi connectivity index (χ2n) is 7.61. The maximum atomic E-state index is 13.5. The molecule has 0 saturated heterocycles. The van der Waals surface area contributed by atoms with Crippen LogP contribution in [-0.4, -0.2) is 32.9 Å². The highest BCUT2D eigenvalue weighted by Crippen LogP contribution is 2.37. The molecule has 0 aliphatic carbocycles. The molecular formula is C25H24N2O4. The molecule has 3 aromatic rings. The van der Waals surface area contributed by atoms with Crippen molar-refractivity contribution in [2.45, 2.75) is 13.0 Å². The molecule has 0 aromatic heterocycles. The molecule has 0 radical (unpaired) electrons. The monoisotopic (exact) mass is 416 g/mol. The standard InChI is InChI=1S/C25H24N2O4/c1-29-22-10-5-2-7-19(22)25(28)27-14-6-13-26(20-8-3-4-9-21(20)27)16-18-11-12-23-24(15-18)31-17-30-23/h2-5,7-12,15H,6,13-14,16-17H2,1H3. The fourth-order valence-corrected chi connectivity index (χ4v) is 4.22. The van der Waals surface area contributed by atoms with Crippen molar-refractivity contribution in [2.75, 3.05) is 36.8 Å². The average Bonchev–Trinajstić information content (AvgIpc) is 3.21. The van der Waals surface area contributed by atoms with Gasteiger partial charge in [0.1, 0.15) is 5.75 Å². The Hall–Kier alpha value is -3.67. The van der Waals surface area contributed by atoms with Gasteiger partial charge in [0, 0.05) is 19.6 Å². The van der Waals surface area contributed by atoms with E-state index in [-0.39, 0.29) is 12.7 Å². The minimum atomic E-state index is -0.0465. The van der Waals surface area contributed by atoms with Crippen molar-refractivity contribution < 1.29 is 19.0 Å².